The van der Waals surface area contributed by atoms with Crippen molar-refractivity contribution in [2.45, 2.75) is 19.3 Å². The van der Waals surface area contributed by atoms with Gasteiger partial charge in [-0.05, 0) is 43.0 Å². The van der Waals surface area contributed by atoms with Gasteiger partial charge in [-0.1, -0.05) is 24.3 Å². The molecular weight excluding hydrogens is 302 g/mol. The Balaban J connectivity index is 1.75. The van der Waals surface area contributed by atoms with Crippen molar-refractivity contribution in [3.05, 3.63) is 65.6 Å². The molecule has 3 rings (SSSR count). The van der Waals surface area contributed by atoms with Crippen molar-refractivity contribution in [1.29, 1.82) is 0 Å². The number of fused-ring (bicyclic) bond motifs is 1. The van der Waals surface area contributed by atoms with Crippen LogP contribution in [0.15, 0.2) is 48.8 Å². The van der Waals surface area contributed by atoms with Gasteiger partial charge >= 0.3 is 0 Å². The minimum absolute atomic E-state index is 0.436. The number of amides is 1. The van der Waals surface area contributed by atoms with Crippen LogP contribution in [-0.2, 0) is 12.8 Å². The van der Waals surface area contributed by atoms with Crippen LogP contribution in [0.5, 0.6) is 5.75 Å². The van der Waals surface area contributed by atoms with Crippen LogP contribution in [0.2, 0.25) is 0 Å². The molecule has 3 aromatic rings. The molecule has 5 nitrogen and oxygen atoms in total. The molecule has 0 saturated carbocycles. The highest BCUT2D eigenvalue weighted by molar-refractivity contribution is 6.05. The van der Waals surface area contributed by atoms with Gasteiger partial charge in [-0.3, -0.25) is 4.79 Å². The molecule has 0 unspecified atom stereocenters. The second-order valence-electron chi connectivity index (χ2n) is 5.59. The summed E-state index contributed by atoms with van der Waals surface area (Å²) in [6.45, 7) is 0. The fourth-order valence-corrected chi connectivity index (χ4v) is 2.79. The fourth-order valence-electron chi connectivity index (χ4n) is 2.79. The highest BCUT2D eigenvalue weighted by atomic mass is 16.5. The zero-order valence-corrected chi connectivity index (χ0v) is 13.5. The quantitative estimate of drug-likeness (QED) is 0.757. The van der Waals surface area contributed by atoms with Crippen molar-refractivity contribution in [1.82, 2.24) is 9.97 Å². The third-order valence-electron chi connectivity index (χ3n) is 4.05. The second kappa shape index (κ2) is 7.08. The number of carbonyl (C=O) groups excluding carboxylic acids is 1. The lowest BCUT2D eigenvalue weighted by atomic mass is 10.0. The summed E-state index contributed by atoms with van der Waals surface area (Å²) in [5, 5.41) is 0.892. The lowest BCUT2D eigenvalue weighted by Gasteiger charge is -2.07. The van der Waals surface area contributed by atoms with Crippen molar-refractivity contribution < 1.29 is 9.53 Å². The number of benzene rings is 2. The summed E-state index contributed by atoms with van der Waals surface area (Å²) in [6.07, 6.45) is 4.22. The topological polar surface area (TPSA) is 78.1 Å². The minimum Gasteiger partial charge on any atom is -0.497 e. The van der Waals surface area contributed by atoms with Gasteiger partial charge in [0, 0.05) is 5.39 Å². The van der Waals surface area contributed by atoms with E-state index >= 15 is 0 Å². The van der Waals surface area contributed by atoms with Gasteiger partial charge in [0.15, 0.2) is 0 Å². The number of primary amides is 1. The highest BCUT2D eigenvalue weighted by Crippen LogP contribution is 2.20. The van der Waals surface area contributed by atoms with E-state index in [-0.39, 0.29) is 0 Å². The van der Waals surface area contributed by atoms with Crippen molar-refractivity contribution in [2.75, 3.05) is 7.11 Å². The smallest absolute Gasteiger partial charge is 0.250 e. The van der Waals surface area contributed by atoms with Crippen LogP contribution in [0.3, 0.4) is 0 Å². The molecule has 122 valence electrons. The van der Waals surface area contributed by atoms with Crippen LogP contribution in [-0.4, -0.2) is 23.0 Å². The van der Waals surface area contributed by atoms with E-state index in [1.54, 1.807) is 13.2 Å². The van der Waals surface area contributed by atoms with Crippen LogP contribution in [0.1, 0.15) is 28.0 Å². The van der Waals surface area contributed by atoms with E-state index < -0.39 is 5.91 Å². The molecule has 0 saturated heterocycles. The molecule has 0 aliphatic heterocycles. The van der Waals surface area contributed by atoms with Crippen LogP contribution in [0.25, 0.3) is 10.9 Å². The third-order valence-corrected chi connectivity index (χ3v) is 4.05. The summed E-state index contributed by atoms with van der Waals surface area (Å²) >= 11 is 0. The Labute approximate surface area is 140 Å². The summed E-state index contributed by atoms with van der Waals surface area (Å²) in [5.74, 6) is 0.392. The van der Waals surface area contributed by atoms with Crippen molar-refractivity contribution in [2.24, 2.45) is 5.73 Å². The van der Waals surface area contributed by atoms with Crippen LogP contribution >= 0.6 is 0 Å². The number of hydrogen-bond acceptors (Lipinski definition) is 4. The number of nitrogens with two attached hydrogens (primary N) is 1. The van der Waals surface area contributed by atoms with Crippen molar-refractivity contribution >= 4 is 16.8 Å². The summed E-state index contributed by atoms with van der Waals surface area (Å²) < 4.78 is 5.17. The number of nitrogens with zero attached hydrogens (tertiary/aromatic N) is 2. The third kappa shape index (κ3) is 3.35. The second-order valence-corrected chi connectivity index (χ2v) is 5.59. The molecular formula is C19H19N3O2. The number of ether oxygens (including phenoxy) is 1. The van der Waals surface area contributed by atoms with Crippen LogP contribution < -0.4 is 10.5 Å². The summed E-state index contributed by atoms with van der Waals surface area (Å²) in [6, 6.07) is 13.5. The van der Waals surface area contributed by atoms with Crippen LogP contribution in [0.4, 0.5) is 0 Å². The molecule has 1 heterocycles. The molecule has 1 aromatic heterocycles. The first kappa shape index (κ1) is 15.9. The Hall–Kier alpha value is -2.95. The maximum Gasteiger partial charge on any atom is 0.250 e. The molecule has 1 amide bonds. The zero-order valence-electron chi connectivity index (χ0n) is 13.5. The van der Waals surface area contributed by atoms with Crippen molar-refractivity contribution in [3.63, 3.8) is 0 Å². The Morgan fingerprint density at radius 2 is 1.88 bits per heavy atom. The average Bonchev–Trinajstić information content (AvgIpc) is 2.62. The molecule has 2 aromatic carbocycles. The molecule has 0 spiro atoms. The molecule has 0 fully saturated rings. The van der Waals surface area contributed by atoms with E-state index in [9.17, 15) is 4.79 Å². The van der Waals surface area contributed by atoms with E-state index in [2.05, 4.69) is 22.1 Å². The first-order valence-corrected chi connectivity index (χ1v) is 7.84. The Kier molecular flexibility index (Phi) is 4.70. The van der Waals surface area contributed by atoms with Gasteiger partial charge in [-0.15, -0.1) is 0 Å². The standard InChI is InChI=1S/C19H19N3O2/c1-24-14-10-8-13(9-11-14)4-2-7-17-15-5-3-6-16(19(20)23)18(15)22-12-21-17/h3,5-6,8-12H,2,4,7H2,1H3,(H2,20,23). The molecule has 0 atom stereocenters. The van der Waals surface area contributed by atoms with E-state index in [0.29, 0.717) is 11.1 Å². The van der Waals surface area contributed by atoms with Gasteiger partial charge in [0.1, 0.15) is 12.1 Å². The molecule has 0 aliphatic carbocycles. The van der Waals surface area contributed by atoms with E-state index in [1.165, 1.54) is 11.9 Å². The van der Waals surface area contributed by atoms with Gasteiger partial charge in [0.2, 0.25) is 0 Å². The van der Waals surface area contributed by atoms with E-state index in [0.717, 1.165) is 36.1 Å². The molecule has 24 heavy (non-hydrogen) atoms. The number of para-hydroxylation sites is 1. The van der Waals surface area contributed by atoms with E-state index in [4.69, 9.17) is 10.5 Å². The largest absolute Gasteiger partial charge is 0.497 e. The zero-order chi connectivity index (χ0) is 16.9. The van der Waals surface area contributed by atoms with Gasteiger partial charge in [0.25, 0.3) is 5.91 Å². The molecule has 5 heteroatoms. The number of carbonyl (C=O) groups is 1. The summed E-state index contributed by atoms with van der Waals surface area (Å²) in [7, 11) is 1.66. The van der Waals surface area contributed by atoms with Gasteiger partial charge < -0.3 is 10.5 Å². The van der Waals surface area contributed by atoms with Crippen LogP contribution in [0, 0.1) is 0 Å². The lowest BCUT2D eigenvalue weighted by Crippen LogP contribution is -2.12. The Morgan fingerprint density at radius 3 is 2.58 bits per heavy atom. The fraction of sp³-hybridized carbons (Fsp3) is 0.211. The Morgan fingerprint density at radius 1 is 1.08 bits per heavy atom. The minimum atomic E-state index is -0.469. The van der Waals surface area contributed by atoms with Crippen molar-refractivity contribution in [3.8, 4) is 5.75 Å². The predicted molar refractivity (Wildman–Crippen MR) is 93.1 cm³/mol. The maximum atomic E-state index is 11.5. The lowest BCUT2D eigenvalue weighted by molar-refractivity contribution is 0.100. The number of rotatable bonds is 6. The SMILES string of the molecule is COc1ccc(CCCc2ncnc3c(C(N)=O)cccc23)cc1. The number of aryl methyl sites for hydroxylation is 2. The van der Waals surface area contributed by atoms with Gasteiger partial charge in [-0.25, -0.2) is 9.97 Å². The summed E-state index contributed by atoms with van der Waals surface area (Å²) in [5.41, 5.74) is 8.68. The maximum absolute atomic E-state index is 11.5. The molecule has 0 radical (unpaired) electrons. The average molecular weight is 321 g/mol. The number of hydrogen-bond donors (Lipinski definition) is 1. The predicted octanol–water partition coefficient (Wildman–Crippen LogP) is 2.91. The number of methoxy groups -OCH3 is 1. The van der Waals surface area contributed by atoms with Gasteiger partial charge in [-0.2, -0.15) is 0 Å². The first-order chi connectivity index (χ1) is 11.7. The molecule has 0 bridgehead atoms. The van der Waals surface area contributed by atoms with Gasteiger partial charge in [0.05, 0.1) is 23.9 Å². The highest BCUT2D eigenvalue weighted by Gasteiger charge is 2.10. The normalized spacial score (nSPS) is 10.7. The monoisotopic (exact) mass is 321 g/mol. The first-order valence-electron chi connectivity index (χ1n) is 7.84. The van der Waals surface area contributed by atoms with E-state index in [1.807, 2.05) is 24.3 Å². The molecule has 2 N–H and O–H groups in total. The summed E-state index contributed by atoms with van der Waals surface area (Å²) in [4.78, 5) is 20.1. The molecule has 0 aliphatic rings. The number of aromatic nitrogens is 2. The Bertz CT molecular complexity index is 860.